The van der Waals surface area contributed by atoms with Crippen LogP contribution >= 0.6 is 11.6 Å². The van der Waals surface area contributed by atoms with Crippen molar-refractivity contribution in [3.05, 3.63) is 64.4 Å². The van der Waals surface area contributed by atoms with E-state index >= 15 is 0 Å². The average molecular weight is 280 g/mol. The Kier molecular flexibility index (Phi) is 4.40. The maximum absolute atomic E-state index is 13.2. The number of aliphatic hydroxyl groups is 1. The van der Waals surface area contributed by atoms with Crippen molar-refractivity contribution in [3.8, 4) is 0 Å². The second-order valence-electron chi connectivity index (χ2n) is 4.40. The zero-order valence-corrected chi connectivity index (χ0v) is 11.3. The van der Waals surface area contributed by atoms with Gasteiger partial charge in [0.15, 0.2) is 0 Å². The van der Waals surface area contributed by atoms with E-state index in [9.17, 15) is 9.50 Å². The summed E-state index contributed by atoms with van der Waals surface area (Å²) in [7, 11) is 0. The number of hydrogen-bond donors (Lipinski definition) is 2. The molecule has 2 N–H and O–H groups in total. The second-order valence-corrected chi connectivity index (χ2v) is 4.83. The Labute approximate surface area is 116 Å². The van der Waals surface area contributed by atoms with Crippen molar-refractivity contribution in [2.45, 2.75) is 13.0 Å². The van der Waals surface area contributed by atoms with Crippen LogP contribution in [0.3, 0.4) is 0 Å². The van der Waals surface area contributed by atoms with Gasteiger partial charge in [0, 0.05) is 10.7 Å². The molecule has 19 heavy (non-hydrogen) atoms. The van der Waals surface area contributed by atoms with Crippen molar-refractivity contribution in [3.63, 3.8) is 0 Å². The van der Waals surface area contributed by atoms with E-state index in [1.54, 1.807) is 31.2 Å². The molecule has 0 bridgehead atoms. The maximum atomic E-state index is 13.2. The van der Waals surface area contributed by atoms with E-state index < -0.39 is 0 Å². The zero-order chi connectivity index (χ0) is 13.8. The monoisotopic (exact) mass is 279 g/mol. The van der Waals surface area contributed by atoms with Crippen molar-refractivity contribution < 1.29 is 9.50 Å². The third-order valence-corrected chi connectivity index (χ3v) is 3.17. The van der Waals surface area contributed by atoms with Crippen LogP contribution in [0.25, 0.3) is 0 Å². The normalized spacial score (nSPS) is 12.2. The molecule has 2 aromatic carbocycles. The number of nitrogens with one attached hydrogen (secondary N) is 1. The molecular weight excluding hydrogens is 265 g/mol. The summed E-state index contributed by atoms with van der Waals surface area (Å²) in [6.45, 7) is 1.62. The molecule has 0 aliphatic rings. The van der Waals surface area contributed by atoms with Crippen LogP contribution in [-0.2, 0) is 0 Å². The molecule has 4 heteroatoms. The molecule has 1 atom stereocenters. The molecule has 0 radical (unpaired) electrons. The second kappa shape index (κ2) is 6.04. The molecule has 2 rings (SSSR count). The summed E-state index contributed by atoms with van der Waals surface area (Å²) in [4.78, 5) is 0. The van der Waals surface area contributed by atoms with Crippen LogP contribution in [-0.4, -0.2) is 11.7 Å². The molecule has 0 fully saturated rings. The predicted molar refractivity (Wildman–Crippen MR) is 76.0 cm³/mol. The molecule has 100 valence electrons. The van der Waals surface area contributed by atoms with Gasteiger partial charge < -0.3 is 10.4 Å². The SMILES string of the molecule is Cc1cc(C(CO)Nc2cccc(Cl)c2)ccc1F. The molecule has 0 aliphatic carbocycles. The molecular formula is C15H15ClFNO. The van der Waals surface area contributed by atoms with Crippen LogP contribution in [0.2, 0.25) is 5.02 Å². The van der Waals surface area contributed by atoms with Gasteiger partial charge >= 0.3 is 0 Å². The first-order valence-corrected chi connectivity index (χ1v) is 6.37. The van der Waals surface area contributed by atoms with Gasteiger partial charge in [0.1, 0.15) is 5.82 Å². The first kappa shape index (κ1) is 13.8. The van der Waals surface area contributed by atoms with Gasteiger partial charge in [-0.2, -0.15) is 0 Å². The van der Waals surface area contributed by atoms with Crippen molar-refractivity contribution >= 4 is 17.3 Å². The van der Waals surface area contributed by atoms with Gasteiger partial charge in [0.25, 0.3) is 0 Å². The smallest absolute Gasteiger partial charge is 0.126 e. The highest BCUT2D eigenvalue weighted by Gasteiger charge is 2.11. The quantitative estimate of drug-likeness (QED) is 0.889. The van der Waals surface area contributed by atoms with Crippen molar-refractivity contribution in [2.75, 3.05) is 11.9 Å². The number of halogens is 2. The molecule has 0 aromatic heterocycles. The number of rotatable bonds is 4. The van der Waals surface area contributed by atoms with Gasteiger partial charge in [-0.3, -0.25) is 0 Å². The molecule has 0 saturated heterocycles. The number of aryl methyl sites for hydroxylation is 1. The molecule has 1 unspecified atom stereocenters. The number of benzene rings is 2. The van der Waals surface area contributed by atoms with E-state index in [0.29, 0.717) is 10.6 Å². The lowest BCUT2D eigenvalue weighted by atomic mass is 10.0. The molecule has 0 amide bonds. The van der Waals surface area contributed by atoms with E-state index in [1.807, 2.05) is 12.1 Å². The summed E-state index contributed by atoms with van der Waals surface area (Å²) in [5.74, 6) is -0.247. The maximum Gasteiger partial charge on any atom is 0.126 e. The van der Waals surface area contributed by atoms with E-state index in [4.69, 9.17) is 11.6 Å². The molecule has 2 aromatic rings. The number of anilines is 1. The molecule has 2 nitrogen and oxygen atoms in total. The fraction of sp³-hybridized carbons (Fsp3) is 0.200. The summed E-state index contributed by atoms with van der Waals surface area (Å²) < 4.78 is 13.2. The topological polar surface area (TPSA) is 32.3 Å². The third-order valence-electron chi connectivity index (χ3n) is 2.93. The van der Waals surface area contributed by atoms with E-state index in [-0.39, 0.29) is 18.5 Å². The molecule has 0 heterocycles. The van der Waals surface area contributed by atoms with Crippen LogP contribution in [0.5, 0.6) is 0 Å². The first-order chi connectivity index (χ1) is 9.10. The molecule has 0 saturated carbocycles. The third kappa shape index (κ3) is 3.46. The first-order valence-electron chi connectivity index (χ1n) is 5.99. The minimum atomic E-state index is -0.294. The highest BCUT2D eigenvalue weighted by Crippen LogP contribution is 2.23. The van der Waals surface area contributed by atoms with Crippen LogP contribution < -0.4 is 5.32 Å². The highest BCUT2D eigenvalue weighted by atomic mass is 35.5. The van der Waals surface area contributed by atoms with Gasteiger partial charge in [-0.1, -0.05) is 29.8 Å². The van der Waals surface area contributed by atoms with E-state index in [2.05, 4.69) is 5.32 Å². The van der Waals surface area contributed by atoms with Crippen LogP contribution in [0.15, 0.2) is 42.5 Å². The Morgan fingerprint density at radius 3 is 2.68 bits per heavy atom. The lowest BCUT2D eigenvalue weighted by Gasteiger charge is -2.19. The standard InChI is InChI=1S/C15H15ClFNO/c1-10-7-11(5-6-14(10)17)15(9-19)18-13-4-2-3-12(16)8-13/h2-8,15,18-19H,9H2,1H3. The Morgan fingerprint density at radius 2 is 2.05 bits per heavy atom. The Hall–Kier alpha value is -1.58. The van der Waals surface area contributed by atoms with Crippen LogP contribution in [0, 0.1) is 12.7 Å². The lowest BCUT2D eigenvalue weighted by Crippen LogP contribution is -2.15. The summed E-state index contributed by atoms with van der Waals surface area (Å²) in [6, 6.07) is 11.8. The van der Waals surface area contributed by atoms with Gasteiger partial charge in [-0.15, -0.1) is 0 Å². The van der Waals surface area contributed by atoms with Crippen molar-refractivity contribution in [1.82, 2.24) is 0 Å². The largest absolute Gasteiger partial charge is 0.394 e. The van der Waals surface area contributed by atoms with Gasteiger partial charge in [-0.05, 0) is 42.3 Å². The van der Waals surface area contributed by atoms with Crippen LogP contribution in [0.1, 0.15) is 17.2 Å². The predicted octanol–water partition coefficient (Wildman–Crippen LogP) is 3.93. The molecule has 0 spiro atoms. The van der Waals surface area contributed by atoms with Crippen molar-refractivity contribution in [1.29, 1.82) is 0 Å². The van der Waals surface area contributed by atoms with Gasteiger partial charge in [0.05, 0.1) is 12.6 Å². The number of hydrogen-bond acceptors (Lipinski definition) is 2. The van der Waals surface area contributed by atoms with Crippen LogP contribution in [0.4, 0.5) is 10.1 Å². The fourth-order valence-corrected chi connectivity index (χ4v) is 2.09. The fourth-order valence-electron chi connectivity index (χ4n) is 1.90. The minimum absolute atomic E-state index is 0.0857. The molecule has 0 aliphatic heterocycles. The minimum Gasteiger partial charge on any atom is -0.394 e. The Bertz CT molecular complexity index is 574. The van der Waals surface area contributed by atoms with Gasteiger partial charge in [-0.25, -0.2) is 4.39 Å². The summed E-state index contributed by atoms with van der Waals surface area (Å²) in [5, 5.41) is 13.3. The summed E-state index contributed by atoms with van der Waals surface area (Å²) in [5.41, 5.74) is 2.21. The van der Waals surface area contributed by atoms with Crippen molar-refractivity contribution in [2.24, 2.45) is 0 Å². The summed E-state index contributed by atoms with van der Waals surface area (Å²) >= 11 is 5.91. The van der Waals surface area contributed by atoms with E-state index in [0.717, 1.165) is 11.3 Å². The summed E-state index contributed by atoms with van der Waals surface area (Å²) in [6.07, 6.45) is 0. The Balaban J connectivity index is 2.22. The lowest BCUT2D eigenvalue weighted by molar-refractivity contribution is 0.276. The zero-order valence-electron chi connectivity index (χ0n) is 10.5. The average Bonchev–Trinajstić information content (AvgIpc) is 2.39. The van der Waals surface area contributed by atoms with E-state index in [1.165, 1.54) is 6.07 Å². The number of aliphatic hydroxyl groups excluding tert-OH is 1. The highest BCUT2D eigenvalue weighted by molar-refractivity contribution is 6.30. The van der Waals surface area contributed by atoms with Gasteiger partial charge in [0.2, 0.25) is 0 Å². The Morgan fingerprint density at radius 1 is 1.26 bits per heavy atom.